The third-order valence-electron chi connectivity index (χ3n) is 3.52. The highest BCUT2D eigenvalue weighted by Gasteiger charge is 2.56. The zero-order valence-corrected chi connectivity index (χ0v) is 12.9. The molecule has 27 heavy (non-hydrogen) atoms. The topological polar surface area (TPSA) is 71.8 Å². The van der Waals surface area contributed by atoms with Crippen LogP contribution in [0, 0.1) is 0 Å². The first-order valence-corrected chi connectivity index (χ1v) is 7.17. The summed E-state index contributed by atoms with van der Waals surface area (Å²) in [4.78, 5) is 7.08. The Bertz CT molecular complexity index is 954. The van der Waals surface area contributed by atoms with E-state index >= 15 is 0 Å². The summed E-state index contributed by atoms with van der Waals surface area (Å²) in [5.74, 6) is -7.16. The molecule has 3 aromatic rings. The average molecular weight is 400 g/mol. The first-order valence-electron chi connectivity index (χ1n) is 7.17. The van der Waals surface area contributed by atoms with Gasteiger partial charge in [-0.2, -0.15) is 40.2 Å². The number of nitrogens with zero attached hydrogens (tertiary/aromatic N) is 5. The van der Waals surface area contributed by atoms with Gasteiger partial charge >= 0.3 is 18.3 Å². The van der Waals surface area contributed by atoms with Crippen molar-refractivity contribution in [3.63, 3.8) is 0 Å². The Hall–Kier alpha value is -2.80. The third kappa shape index (κ3) is 3.55. The number of halogens is 8. The molecule has 146 valence electrons. The van der Waals surface area contributed by atoms with Gasteiger partial charge in [-0.25, -0.2) is 14.5 Å². The van der Waals surface area contributed by atoms with Gasteiger partial charge in [-0.15, -0.1) is 5.10 Å². The summed E-state index contributed by atoms with van der Waals surface area (Å²) in [5.41, 5.74) is -0.149. The maximum atomic E-state index is 13.1. The quantitative estimate of drug-likeness (QED) is 0.679. The fourth-order valence-electron chi connectivity index (χ4n) is 2.23. The number of hydrogen-bond acceptors (Lipinski definition) is 4. The summed E-state index contributed by atoms with van der Waals surface area (Å²) in [6.45, 7) is 0. The Kier molecular flexibility index (Phi) is 4.31. The molecule has 1 N–H and O–H groups in total. The van der Waals surface area contributed by atoms with Crippen molar-refractivity contribution in [3.05, 3.63) is 30.0 Å². The predicted molar refractivity (Wildman–Crippen MR) is 72.7 cm³/mol. The minimum atomic E-state index is -5.73. The van der Waals surface area contributed by atoms with Gasteiger partial charge in [0.25, 0.3) is 5.82 Å². The van der Waals surface area contributed by atoms with Gasteiger partial charge < -0.3 is 0 Å². The number of rotatable bonds is 4. The Morgan fingerprint density at radius 2 is 1.70 bits per heavy atom. The smallest absolute Gasteiger partial charge is 0.257 e. The van der Waals surface area contributed by atoms with E-state index in [1.165, 1.54) is 18.3 Å². The largest absolute Gasteiger partial charge is 0.453 e. The molecule has 3 aromatic heterocycles. The lowest BCUT2D eigenvalue weighted by molar-refractivity contribution is -0.284. The molecule has 0 aliphatic carbocycles. The zero-order valence-electron chi connectivity index (χ0n) is 12.9. The SMILES string of the molecule is FC(F)(F)c1n[nH]c(-c2nc(CCC(F)(F)C(F)(F)F)n3ncccc23)n1. The van der Waals surface area contributed by atoms with Gasteiger partial charge in [0.1, 0.15) is 11.5 Å². The standard InChI is InChI=1S/C13H8F8N6/c14-11(15,13(19,20)21)4-3-7-23-8(6-2-1-5-22-27(6)7)9-24-10(26-25-9)12(16,17)18/h1-2,5H,3-4H2,(H,24,25,26). The van der Waals surface area contributed by atoms with E-state index in [1.807, 2.05) is 5.10 Å². The van der Waals surface area contributed by atoms with Crippen LogP contribution in [0.1, 0.15) is 18.1 Å². The van der Waals surface area contributed by atoms with Crippen LogP contribution in [0.25, 0.3) is 17.0 Å². The Morgan fingerprint density at radius 1 is 1.00 bits per heavy atom. The number of aromatic nitrogens is 6. The highest BCUT2D eigenvalue weighted by molar-refractivity contribution is 5.72. The molecule has 0 amide bonds. The molecule has 0 aliphatic heterocycles. The molecule has 6 nitrogen and oxygen atoms in total. The van der Waals surface area contributed by atoms with Crippen molar-refractivity contribution < 1.29 is 35.1 Å². The van der Waals surface area contributed by atoms with Gasteiger partial charge in [-0.05, 0) is 12.1 Å². The van der Waals surface area contributed by atoms with Crippen LogP contribution in [-0.4, -0.2) is 41.9 Å². The Balaban J connectivity index is 1.99. The van der Waals surface area contributed by atoms with E-state index in [-0.39, 0.29) is 17.0 Å². The van der Waals surface area contributed by atoms with Crippen molar-refractivity contribution in [3.8, 4) is 11.5 Å². The number of fused-ring (bicyclic) bond motifs is 1. The molecule has 0 radical (unpaired) electrons. The van der Waals surface area contributed by atoms with Crippen molar-refractivity contribution >= 4 is 5.52 Å². The van der Waals surface area contributed by atoms with Gasteiger partial charge in [0, 0.05) is 19.0 Å². The maximum Gasteiger partial charge on any atom is 0.453 e. The van der Waals surface area contributed by atoms with Gasteiger partial charge in [0.05, 0.1) is 5.52 Å². The van der Waals surface area contributed by atoms with E-state index < -0.39 is 42.8 Å². The van der Waals surface area contributed by atoms with Crippen LogP contribution in [0.3, 0.4) is 0 Å². The van der Waals surface area contributed by atoms with Crippen LogP contribution in [-0.2, 0) is 12.6 Å². The van der Waals surface area contributed by atoms with Crippen LogP contribution in [0.5, 0.6) is 0 Å². The summed E-state index contributed by atoms with van der Waals surface area (Å²) >= 11 is 0. The first-order chi connectivity index (χ1) is 12.4. The van der Waals surface area contributed by atoms with Gasteiger partial charge in [-0.3, -0.25) is 5.10 Å². The number of aryl methyl sites for hydroxylation is 1. The number of imidazole rings is 1. The predicted octanol–water partition coefficient (Wildman–Crippen LogP) is 3.66. The van der Waals surface area contributed by atoms with E-state index in [0.29, 0.717) is 0 Å². The molecule has 0 fully saturated rings. The maximum absolute atomic E-state index is 13.1. The van der Waals surface area contributed by atoms with E-state index in [2.05, 4.69) is 20.2 Å². The molecule has 0 bridgehead atoms. The van der Waals surface area contributed by atoms with Gasteiger partial charge in [0.2, 0.25) is 0 Å². The molecule has 14 heteroatoms. The average Bonchev–Trinajstić information content (AvgIpc) is 3.16. The molecule has 3 rings (SSSR count). The summed E-state index contributed by atoms with van der Waals surface area (Å²) in [6, 6.07) is 2.73. The van der Waals surface area contributed by atoms with Crippen molar-refractivity contribution in [1.82, 2.24) is 29.8 Å². The second-order valence-electron chi connectivity index (χ2n) is 5.40. The second-order valence-corrected chi connectivity index (χ2v) is 5.40. The molecule has 0 unspecified atom stereocenters. The van der Waals surface area contributed by atoms with E-state index in [9.17, 15) is 35.1 Å². The lowest BCUT2D eigenvalue weighted by Gasteiger charge is -2.18. The molecule has 0 atom stereocenters. The van der Waals surface area contributed by atoms with E-state index in [1.54, 1.807) is 0 Å². The van der Waals surface area contributed by atoms with Crippen molar-refractivity contribution in [2.24, 2.45) is 0 Å². The molecule has 0 aromatic carbocycles. The highest BCUT2D eigenvalue weighted by Crippen LogP contribution is 2.39. The lowest BCUT2D eigenvalue weighted by Crippen LogP contribution is -2.36. The molecule has 3 heterocycles. The van der Waals surface area contributed by atoms with Crippen LogP contribution < -0.4 is 0 Å². The van der Waals surface area contributed by atoms with Crippen LogP contribution >= 0.6 is 0 Å². The zero-order chi connectivity index (χ0) is 20.0. The number of aromatic amines is 1. The van der Waals surface area contributed by atoms with Crippen molar-refractivity contribution in [2.45, 2.75) is 31.1 Å². The first kappa shape index (κ1) is 19.0. The molecule has 0 aliphatic rings. The molecular formula is C13H8F8N6. The summed E-state index contributed by atoms with van der Waals surface area (Å²) in [6.07, 6.45) is -11.8. The third-order valence-corrected chi connectivity index (χ3v) is 3.52. The lowest BCUT2D eigenvalue weighted by atomic mass is 10.1. The Labute approximate surface area is 144 Å². The fourth-order valence-corrected chi connectivity index (χ4v) is 2.23. The Morgan fingerprint density at radius 3 is 2.30 bits per heavy atom. The summed E-state index contributed by atoms with van der Waals surface area (Å²) in [5, 5.41) is 8.81. The van der Waals surface area contributed by atoms with Gasteiger partial charge in [-0.1, -0.05) is 0 Å². The number of hydrogen-bond donors (Lipinski definition) is 1. The summed E-state index contributed by atoms with van der Waals surface area (Å²) in [7, 11) is 0. The molecular weight excluding hydrogens is 392 g/mol. The van der Waals surface area contributed by atoms with Gasteiger partial charge in [0.15, 0.2) is 5.82 Å². The summed E-state index contributed by atoms with van der Waals surface area (Å²) < 4.78 is 102. The fraction of sp³-hybridized carbons (Fsp3) is 0.385. The minimum Gasteiger partial charge on any atom is -0.257 e. The number of alkyl halides is 8. The molecule has 0 spiro atoms. The highest BCUT2D eigenvalue weighted by atomic mass is 19.4. The van der Waals surface area contributed by atoms with Crippen LogP contribution in [0.4, 0.5) is 35.1 Å². The van der Waals surface area contributed by atoms with Crippen LogP contribution in [0.2, 0.25) is 0 Å². The monoisotopic (exact) mass is 400 g/mol. The molecule has 0 saturated heterocycles. The van der Waals surface area contributed by atoms with E-state index in [4.69, 9.17) is 0 Å². The second kappa shape index (κ2) is 6.13. The number of H-pyrrole nitrogens is 1. The van der Waals surface area contributed by atoms with Crippen molar-refractivity contribution in [2.75, 3.05) is 0 Å². The van der Waals surface area contributed by atoms with Crippen molar-refractivity contribution in [1.29, 1.82) is 0 Å². The minimum absolute atomic E-state index is 0.0627. The van der Waals surface area contributed by atoms with Crippen LogP contribution in [0.15, 0.2) is 18.3 Å². The number of nitrogens with one attached hydrogen (secondary N) is 1. The molecule has 0 saturated carbocycles. The van der Waals surface area contributed by atoms with E-state index in [0.717, 1.165) is 4.52 Å². The normalized spacial score (nSPS) is 13.5.